The first-order valence-electron chi connectivity index (χ1n) is 4.25. The van der Waals surface area contributed by atoms with Gasteiger partial charge in [-0.3, -0.25) is 4.79 Å². The fourth-order valence-corrected chi connectivity index (χ4v) is 1.62. The van der Waals surface area contributed by atoms with Crippen molar-refractivity contribution in [3.05, 3.63) is 29.1 Å². The Hall–Kier alpha value is -1.69. The molecule has 0 bridgehead atoms. The molecular weight excluding hydrogens is 217 g/mol. The third kappa shape index (κ3) is 1.75. The van der Waals surface area contributed by atoms with Gasteiger partial charge in [-0.25, -0.2) is 4.39 Å². The average molecular weight is 225 g/mol. The maximum atomic E-state index is 13.5. The first-order chi connectivity index (χ1) is 7.08. The monoisotopic (exact) mass is 225 g/mol. The quantitative estimate of drug-likeness (QED) is 0.616. The molecule has 1 aromatic carbocycles. The lowest BCUT2D eigenvalue weighted by molar-refractivity contribution is 0.0966. The lowest BCUT2D eigenvalue weighted by Gasteiger charge is -2.06. The molecule has 0 atom stereocenters. The normalized spacial score (nSPS) is 13.3. The zero-order valence-electron chi connectivity index (χ0n) is 7.63. The molecule has 0 saturated heterocycles. The minimum atomic E-state index is -0.440. The molecule has 0 saturated carbocycles. The molecule has 1 heterocycles. The van der Waals surface area contributed by atoms with Gasteiger partial charge in [0.1, 0.15) is 5.82 Å². The van der Waals surface area contributed by atoms with Gasteiger partial charge in [0, 0.05) is 23.4 Å². The van der Waals surface area contributed by atoms with Crippen molar-refractivity contribution >= 4 is 28.9 Å². The Bertz CT molecular complexity index is 461. The third-order valence-electron chi connectivity index (χ3n) is 2.13. The lowest BCUT2D eigenvalue weighted by Crippen LogP contribution is -2.19. The molecule has 15 heavy (non-hydrogen) atoms. The van der Waals surface area contributed by atoms with Crippen LogP contribution in [-0.4, -0.2) is 11.0 Å². The third-order valence-corrected chi connectivity index (χ3v) is 2.24. The van der Waals surface area contributed by atoms with Crippen molar-refractivity contribution < 1.29 is 9.18 Å². The van der Waals surface area contributed by atoms with Gasteiger partial charge in [0.15, 0.2) is 5.11 Å². The predicted octanol–water partition coefficient (Wildman–Crippen LogP) is 0.725. The van der Waals surface area contributed by atoms with E-state index in [1.807, 2.05) is 0 Å². The standard InChI is InChI=1S/C9H8FN3OS/c10-7-2-4(13-9(11)15)1-5-6(7)3-12-8(5)14/h1-2H,3H2,(H,12,14)(H3,11,13,15). The number of carbonyl (C=O) groups is 1. The van der Waals surface area contributed by atoms with Crippen molar-refractivity contribution in [1.82, 2.24) is 5.32 Å². The van der Waals surface area contributed by atoms with Crippen LogP contribution in [0.2, 0.25) is 0 Å². The van der Waals surface area contributed by atoms with E-state index in [1.54, 1.807) is 0 Å². The Labute approximate surface area is 90.6 Å². The van der Waals surface area contributed by atoms with E-state index in [4.69, 9.17) is 5.73 Å². The highest BCUT2D eigenvalue weighted by Gasteiger charge is 2.22. The Morgan fingerprint density at radius 1 is 1.60 bits per heavy atom. The fourth-order valence-electron chi connectivity index (χ4n) is 1.50. The highest BCUT2D eigenvalue weighted by molar-refractivity contribution is 7.80. The first kappa shape index (κ1) is 9.85. The van der Waals surface area contributed by atoms with E-state index >= 15 is 0 Å². The maximum Gasteiger partial charge on any atom is 0.252 e. The van der Waals surface area contributed by atoms with Gasteiger partial charge in [0.2, 0.25) is 0 Å². The predicted molar refractivity (Wildman–Crippen MR) is 58.0 cm³/mol. The number of hydrogen-bond acceptors (Lipinski definition) is 2. The van der Waals surface area contributed by atoms with Crippen LogP contribution in [0.5, 0.6) is 0 Å². The number of nitrogens with two attached hydrogens (primary N) is 1. The molecule has 0 radical (unpaired) electrons. The van der Waals surface area contributed by atoms with E-state index in [9.17, 15) is 9.18 Å². The number of benzene rings is 1. The van der Waals surface area contributed by atoms with Crippen LogP contribution in [0.1, 0.15) is 15.9 Å². The van der Waals surface area contributed by atoms with Gasteiger partial charge in [0.25, 0.3) is 5.91 Å². The van der Waals surface area contributed by atoms with Crippen LogP contribution in [0.3, 0.4) is 0 Å². The van der Waals surface area contributed by atoms with Crippen molar-refractivity contribution in [2.75, 3.05) is 5.32 Å². The van der Waals surface area contributed by atoms with Crippen LogP contribution < -0.4 is 16.4 Å². The van der Waals surface area contributed by atoms with Gasteiger partial charge in [-0.2, -0.15) is 0 Å². The van der Waals surface area contributed by atoms with Crippen LogP contribution in [0.25, 0.3) is 0 Å². The average Bonchev–Trinajstić information content (AvgIpc) is 2.47. The summed E-state index contributed by atoms with van der Waals surface area (Å²) in [6, 6.07) is 2.79. The number of carbonyl (C=O) groups excluding carboxylic acids is 1. The molecule has 78 valence electrons. The van der Waals surface area contributed by atoms with Gasteiger partial charge in [-0.05, 0) is 24.4 Å². The van der Waals surface area contributed by atoms with Gasteiger partial charge in [0.05, 0.1) is 0 Å². The van der Waals surface area contributed by atoms with E-state index < -0.39 is 5.82 Å². The maximum absolute atomic E-state index is 13.5. The SMILES string of the molecule is NC(=S)Nc1cc(F)c2c(c1)C(=O)NC2. The summed E-state index contributed by atoms with van der Waals surface area (Å²) in [5, 5.41) is 5.16. The Morgan fingerprint density at radius 2 is 2.33 bits per heavy atom. The number of halogens is 1. The molecule has 4 nitrogen and oxygen atoms in total. The molecule has 4 N–H and O–H groups in total. The molecule has 0 fully saturated rings. The number of thiocarbonyl (C=S) groups is 1. The summed E-state index contributed by atoms with van der Waals surface area (Å²) in [6.45, 7) is 0.230. The minimum absolute atomic E-state index is 0.0350. The van der Waals surface area contributed by atoms with Gasteiger partial charge in [-0.15, -0.1) is 0 Å². The van der Waals surface area contributed by atoms with Crippen molar-refractivity contribution in [3.8, 4) is 0 Å². The second kappa shape index (κ2) is 3.47. The highest BCUT2D eigenvalue weighted by atomic mass is 32.1. The smallest absolute Gasteiger partial charge is 0.252 e. The van der Waals surface area contributed by atoms with Crippen molar-refractivity contribution in [3.63, 3.8) is 0 Å². The molecular formula is C9H8FN3OS. The second-order valence-electron chi connectivity index (χ2n) is 3.16. The first-order valence-corrected chi connectivity index (χ1v) is 4.66. The molecule has 0 spiro atoms. The summed E-state index contributed by atoms with van der Waals surface area (Å²) in [5.41, 5.74) is 6.35. The van der Waals surface area contributed by atoms with E-state index in [0.29, 0.717) is 16.8 Å². The van der Waals surface area contributed by atoms with Crippen LogP contribution in [0.4, 0.5) is 10.1 Å². The van der Waals surface area contributed by atoms with E-state index in [2.05, 4.69) is 22.9 Å². The van der Waals surface area contributed by atoms with Crippen LogP contribution in [0, 0.1) is 5.82 Å². The number of nitrogens with one attached hydrogen (secondary N) is 2. The molecule has 0 aliphatic carbocycles. The summed E-state index contributed by atoms with van der Waals surface area (Å²) in [7, 11) is 0. The summed E-state index contributed by atoms with van der Waals surface area (Å²) in [5.74, 6) is -0.722. The molecule has 1 aromatic rings. The number of amides is 1. The Kier molecular flexibility index (Phi) is 2.28. The van der Waals surface area contributed by atoms with Crippen molar-refractivity contribution in [1.29, 1.82) is 0 Å². The largest absolute Gasteiger partial charge is 0.376 e. The van der Waals surface area contributed by atoms with Crippen LogP contribution in [-0.2, 0) is 6.54 Å². The summed E-state index contributed by atoms with van der Waals surface area (Å²) >= 11 is 4.62. The molecule has 6 heteroatoms. The van der Waals surface area contributed by atoms with E-state index in [-0.39, 0.29) is 17.6 Å². The van der Waals surface area contributed by atoms with E-state index in [1.165, 1.54) is 12.1 Å². The van der Waals surface area contributed by atoms with Crippen LogP contribution in [0.15, 0.2) is 12.1 Å². The fraction of sp³-hybridized carbons (Fsp3) is 0.111. The Balaban J connectivity index is 2.45. The number of anilines is 1. The highest BCUT2D eigenvalue weighted by Crippen LogP contribution is 2.23. The summed E-state index contributed by atoms with van der Waals surface area (Å²) in [4.78, 5) is 11.3. The molecule has 0 unspecified atom stereocenters. The second-order valence-corrected chi connectivity index (χ2v) is 3.60. The molecule has 1 aliphatic rings. The lowest BCUT2D eigenvalue weighted by atomic mass is 10.1. The Morgan fingerprint density at radius 3 is 3.00 bits per heavy atom. The van der Waals surface area contributed by atoms with Gasteiger partial charge in [-0.1, -0.05) is 0 Å². The topological polar surface area (TPSA) is 67.1 Å². The number of hydrogen-bond donors (Lipinski definition) is 3. The van der Waals surface area contributed by atoms with Gasteiger partial charge >= 0.3 is 0 Å². The molecule has 1 amide bonds. The number of rotatable bonds is 1. The zero-order valence-corrected chi connectivity index (χ0v) is 8.45. The van der Waals surface area contributed by atoms with Crippen molar-refractivity contribution in [2.24, 2.45) is 5.73 Å². The van der Waals surface area contributed by atoms with Crippen molar-refractivity contribution in [2.45, 2.75) is 6.54 Å². The van der Waals surface area contributed by atoms with Gasteiger partial charge < -0.3 is 16.4 Å². The molecule has 2 rings (SSSR count). The molecule has 0 aromatic heterocycles. The summed E-state index contributed by atoms with van der Waals surface area (Å²) < 4.78 is 13.5. The molecule has 1 aliphatic heterocycles. The van der Waals surface area contributed by atoms with E-state index in [0.717, 1.165) is 0 Å². The number of fused-ring (bicyclic) bond motifs is 1. The summed E-state index contributed by atoms with van der Waals surface area (Å²) in [6.07, 6.45) is 0. The van der Waals surface area contributed by atoms with Crippen LogP contribution >= 0.6 is 12.2 Å². The zero-order chi connectivity index (χ0) is 11.0. The minimum Gasteiger partial charge on any atom is -0.376 e.